The van der Waals surface area contributed by atoms with Gasteiger partial charge in [-0.2, -0.15) is 0 Å². The van der Waals surface area contributed by atoms with Crippen LogP contribution in [0.25, 0.3) is 0 Å². The van der Waals surface area contributed by atoms with Gasteiger partial charge in [-0.1, -0.05) is 37.9 Å². The number of benzene rings is 1. The van der Waals surface area contributed by atoms with E-state index in [0.29, 0.717) is 5.92 Å². The minimum absolute atomic E-state index is 0.605. The average Bonchev–Trinajstić information content (AvgIpc) is 2.20. The van der Waals surface area contributed by atoms with Crippen LogP contribution in [0.5, 0.6) is 5.75 Å². The number of rotatable bonds is 5. The maximum atomic E-state index is 5.91. The van der Waals surface area contributed by atoms with Crippen molar-refractivity contribution in [3.05, 3.63) is 28.8 Å². The molecule has 1 rings (SSSR count). The molecule has 2 heteroatoms. The summed E-state index contributed by atoms with van der Waals surface area (Å²) >= 11 is 5.91. The molecule has 0 aliphatic rings. The minimum Gasteiger partial charge on any atom is -0.493 e. The molecule has 1 aromatic carbocycles. The number of hydrogen-bond acceptors (Lipinski definition) is 1. The van der Waals surface area contributed by atoms with Gasteiger partial charge in [0.25, 0.3) is 0 Å². The van der Waals surface area contributed by atoms with Crippen molar-refractivity contribution in [2.24, 2.45) is 5.92 Å². The lowest BCUT2D eigenvalue weighted by molar-refractivity contribution is 0.250. The third-order valence-corrected chi connectivity index (χ3v) is 2.69. The van der Waals surface area contributed by atoms with Crippen LogP contribution in [0, 0.1) is 12.8 Å². The van der Waals surface area contributed by atoms with Gasteiger partial charge in [-0.3, -0.25) is 0 Å². The molecule has 1 aromatic rings. The van der Waals surface area contributed by atoms with Gasteiger partial charge in [0, 0.05) is 5.02 Å². The monoisotopic (exact) mass is 226 g/mol. The Morgan fingerprint density at radius 3 is 2.80 bits per heavy atom. The van der Waals surface area contributed by atoms with Gasteiger partial charge in [-0.05, 0) is 37.0 Å². The molecule has 1 atom stereocenters. The number of hydrogen-bond donors (Lipinski definition) is 0. The van der Waals surface area contributed by atoms with Gasteiger partial charge in [0.05, 0.1) is 6.61 Å². The van der Waals surface area contributed by atoms with Crippen LogP contribution >= 0.6 is 11.6 Å². The fourth-order valence-corrected chi connectivity index (χ4v) is 1.70. The van der Waals surface area contributed by atoms with Crippen molar-refractivity contribution in [1.82, 2.24) is 0 Å². The summed E-state index contributed by atoms with van der Waals surface area (Å²) in [5, 5.41) is 0.735. The first kappa shape index (κ1) is 12.4. The summed E-state index contributed by atoms with van der Waals surface area (Å²) in [7, 11) is 0. The fourth-order valence-electron chi connectivity index (χ4n) is 1.54. The molecule has 0 saturated carbocycles. The van der Waals surface area contributed by atoms with Gasteiger partial charge in [0.1, 0.15) is 5.75 Å². The van der Waals surface area contributed by atoms with Crippen molar-refractivity contribution in [2.45, 2.75) is 33.6 Å². The van der Waals surface area contributed by atoms with Crippen LogP contribution in [-0.4, -0.2) is 6.61 Å². The lowest BCUT2D eigenvalue weighted by atomic mass is 10.1. The molecule has 0 spiro atoms. The van der Waals surface area contributed by atoms with E-state index >= 15 is 0 Å². The van der Waals surface area contributed by atoms with Gasteiger partial charge in [0.2, 0.25) is 0 Å². The maximum absolute atomic E-state index is 5.91. The summed E-state index contributed by atoms with van der Waals surface area (Å²) in [6, 6.07) is 5.76. The van der Waals surface area contributed by atoms with Crippen LogP contribution in [-0.2, 0) is 0 Å². The highest BCUT2D eigenvalue weighted by molar-refractivity contribution is 6.30. The van der Waals surface area contributed by atoms with Crippen molar-refractivity contribution < 1.29 is 4.74 Å². The molecule has 0 aliphatic heterocycles. The zero-order valence-electron chi connectivity index (χ0n) is 9.72. The van der Waals surface area contributed by atoms with Crippen LogP contribution in [0.4, 0.5) is 0 Å². The van der Waals surface area contributed by atoms with E-state index in [1.807, 2.05) is 25.1 Å². The molecule has 0 fully saturated rings. The largest absolute Gasteiger partial charge is 0.493 e. The lowest BCUT2D eigenvalue weighted by Crippen LogP contribution is -2.08. The Hall–Kier alpha value is -0.690. The molecule has 15 heavy (non-hydrogen) atoms. The van der Waals surface area contributed by atoms with Crippen LogP contribution in [0.1, 0.15) is 32.3 Å². The topological polar surface area (TPSA) is 9.23 Å². The Kier molecular flexibility index (Phi) is 4.97. The predicted octanol–water partition coefficient (Wildman–Crippen LogP) is 4.46. The van der Waals surface area contributed by atoms with Crippen molar-refractivity contribution in [3.8, 4) is 5.75 Å². The molecule has 0 aromatic heterocycles. The Bertz CT molecular complexity index is 309. The van der Waals surface area contributed by atoms with E-state index in [9.17, 15) is 0 Å². The highest BCUT2D eigenvalue weighted by Gasteiger charge is 2.04. The smallest absolute Gasteiger partial charge is 0.123 e. The molecule has 0 N–H and O–H groups in total. The molecule has 0 saturated heterocycles. The molecule has 0 aliphatic carbocycles. The minimum atomic E-state index is 0.605. The molecular formula is C13H19ClO. The predicted molar refractivity (Wildman–Crippen MR) is 65.8 cm³/mol. The quantitative estimate of drug-likeness (QED) is 0.720. The average molecular weight is 227 g/mol. The van der Waals surface area contributed by atoms with Gasteiger partial charge >= 0.3 is 0 Å². The van der Waals surface area contributed by atoms with Crippen LogP contribution in [0.15, 0.2) is 18.2 Å². The van der Waals surface area contributed by atoms with E-state index in [4.69, 9.17) is 16.3 Å². The van der Waals surface area contributed by atoms with E-state index in [1.165, 1.54) is 12.8 Å². The second-order valence-electron chi connectivity index (χ2n) is 4.11. The van der Waals surface area contributed by atoms with Crippen molar-refractivity contribution in [3.63, 3.8) is 0 Å². The zero-order valence-corrected chi connectivity index (χ0v) is 10.5. The van der Waals surface area contributed by atoms with Gasteiger partial charge < -0.3 is 4.74 Å². The maximum Gasteiger partial charge on any atom is 0.123 e. The van der Waals surface area contributed by atoms with Crippen LogP contribution in [0.2, 0.25) is 5.02 Å². The molecular weight excluding hydrogens is 208 g/mol. The normalized spacial score (nSPS) is 12.5. The Balaban J connectivity index is 2.53. The standard InChI is InChI=1S/C13H19ClO/c1-4-5-10(2)9-15-13-8-12(14)7-6-11(13)3/h6-8,10H,4-5,9H2,1-3H3. The fraction of sp³-hybridized carbons (Fsp3) is 0.538. The first-order valence-corrected chi connectivity index (χ1v) is 5.90. The van der Waals surface area contributed by atoms with Gasteiger partial charge in [0.15, 0.2) is 0 Å². The third-order valence-electron chi connectivity index (χ3n) is 2.46. The van der Waals surface area contributed by atoms with E-state index in [-0.39, 0.29) is 0 Å². The first-order chi connectivity index (χ1) is 7.13. The third kappa shape index (κ3) is 4.13. The second-order valence-corrected chi connectivity index (χ2v) is 4.55. The second kappa shape index (κ2) is 6.02. The van der Waals surface area contributed by atoms with Crippen molar-refractivity contribution >= 4 is 11.6 Å². The molecule has 0 amide bonds. The Morgan fingerprint density at radius 1 is 1.40 bits per heavy atom. The summed E-state index contributed by atoms with van der Waals surface area (Å²) in [5.41, 5.74) is 1.14. The molecule has 84 valence electrons. The Morgan fingerprint density at radius 2 is 2.13 bits per heavy atom. The number of aryl methyl sites for hydroxylation is 1. The summed E-state index contributed by atoms with van der Waals surface area (Å²) in [6.07, 6.45) is 2.42. The van der Waals surface area contributed by atoms with Crippen molar-refractivity contribution in [2.75, 3.05) is 6.61 Å². The van der Waals surface area contributed by atoms with Gasteiger partial charge in [-0.15, -0.1) is 0 Å². The molecule has 1 nitrogen and oxygen atoms in total. The van der Waals surface area contributed by atoms with Crippen molar-refractivity contribution in [1.29, 1.82) is 0 Å². The highest BCUT2D eigenvalue weighted by atomic mass is 35.5. The summed E-state index contributed by atoms with van der Waals surface area (Å²) in [5.74, 6) is 1.51. The molecule has 0 radical (unpaired) electrons. The lowest BCUT2D eigenvalue weighted by Gasteiger charge is -2.13. The van der Waals surface area contributed by atoms with Gasteiger partial charge in [-0.25, -0.2) is 0 Å². The van der Waals surface area contributed by atoms with E-state index in [0.717, 1.165) is 22.9 Å². The van der Waals surface area contributed by atoms with E-state index in [2.05, 4.69) is 13.8 Å². The summed E-state index contributed by atoms with van der Waals surface area (Å²) in [6.45, 7) is 7.22. The van der Waals surface area contributed by atoms with Crippen LogP contribution in [0.3, 0.4) is 0 Å². The van der Waals surface area contributed by atoms with E-state index < -0.39 is 0 Å². The first-order valence-electron chi connectivity index (χ1n) is 5.52. The van der Waals surface area contributed by atoms with Crippen LogP contribution < -0.4 is 4.74 Å². The summed E-state index contributed by atoms with van der Waals surface area (Å²) in [4.78, 5) is 0. The summed E-state index contributed by atoms with van der Waals surface area (Å²) < 4.78 is 5.75. The zero-order chi connectivity index (χ0) is 11.3. The number of halogens is 1. The molecule has 0 heterocycles. The van der Waals surface area contributed by atoms with E-state index in [1.54, 1.807) is 0 Å². The Labute approximate surface area is 97.4 Å². The SMILES string of the molecule is CCCC(C)COc1cc(Cl)ccc1C. The molecule has 1 unspecified atom stereocenters. The highest BCUT2D eigenvalue weighted by Crippen LogP contribution is 2.23. The molecule has 0 bridgehead atoms. The number of ether oxygens (including phenoxy) is 1.